The Morgan fingerprint density at radius 3 is 2.43 bits per heavy atom. The fourth-order valence-corrected chi connectivity index (χ4v) is 2.20. The van der Waals surface area contributed by atoms with E-state index in [4.69, 9.17) is 0 Å². The van der Waals surface area contributed by atoms with Gasteiger partial charge in [-0.3, -0.25) is 0 Å². The first kappa shape index (κ1) is 15.2. The smallest absolute Gasteiger partial charge is 0.0743 e. The summed E-state index contributed by atoms with van der Waals surface area (Å²) < 4.78 is 0. The molecule has 21 heavy (non-hydrogen) atoms. The summed E-state index contributed by atoms with van der Waals surface area (Å²) in [5.41, 5.74) is 5.32. The molecule has 0 amide bonds. The van der Waals surface area contributed by atoms with Crippen molar-refractivity contribution in [1.29, 1.82) is 0 Å². The molecule has 1 nitrogen and oxygen atoms in total. The van der Waals surface area contributed by atoms with Crippen LogP contribution < -0.4 is 0 Å². The molecule has 0 bridgehead atoms. The average Bonchev–Trinajstić information content (AvgIpc) is 2.49. The molecule has 2 rings (SSSR count). The molecule has 0 aliphatic heterocycles. The van der Waals surface area contributed by atoms with Crippen LogP contribution in [0.25, 0.3) is 0 Å². The van der Waals surface area contributed by atoms with Crippen LogP contribution in [0.5, 0.6) is 0 Å². The fourth-order valence-electron chi connectivity index (χ4n) is 2.09. The summed E-state index contributed by atoms with van der Waals surface area (Å²) in [6.07, 6.45) is 2.29. The summed E-state index contributed by atoms with van der Waals surface area (Å²) in [5.74, 6) is 6.42. The van der Waals surface area contributed by atoms with Gasteiger partial charge in [0.15, 0.2) is 0 Å². The molecule has 2 aromatic rings. The number of nitrogens with zero attached hydrogens (tertiary/aromatic N) is 1. The van der Waals surface area contributed by atoms with E-state index >= 15 is 0 Å². The number of hydrogen-bond donors (Lipinski definition) is 0. The number of thiocarbonyl (C=S) groups is 1. The van der Waals surface area contributed by atoms with Crippen LogP contribution in [0.2, 0.25) is 0 Å². The van der Waals surface area contributed by atoms with Gasteiger partial charge in [-0.05, 0) is 67.0 Å². The van der Waals surface area contributed by atoms with Crippen molar-refractivity contribution in [1.82, 2.24) is 0 Å². The van der Waals surface area contributed by atoms with E-state index in [2.05, 4.69) is 65.4 Å². The Morgan fingerprint density at radius 2 is 1.81 bits per heavy atom. The van der Waals surface area contributed by atoms with E-state index in [0.29, 0.717) is 0 Å². The molecule has 0 aliphatic rings. The minimum Gasteiger partial charge on any atom is -0.195 e. The summed E-state index contributed by atoms with van der Waals surface area (Å²) in [6.45, 7) is 4.21. The number of hydrogen-bond acceptors (Lipinski definition) is 2. The van der Waals surface area contributed by atoms with Crippen molar-refractivity contribution in [3.05, 3.63) is 64.7 Å². The van der Waals surface area contributed by atoms with Crippen LogP contribution >= 0.6 is 12.2 Å². The molecule has 0 atom stereocenters. The van der Waals surface area contributed by atoms with Gasteiger partial charge in [0.05, 0.1) is 10.8 Å². The van der Waals surface area contributed by atoms with Gasteiger partial charge < -0.3 is 0 Å². The summed E-state index contributed by atoms with van der Waals surface area (Å²) in [4.78, 5) is 3.97. The first-order chi connectivity index (χ1) is 10.2. The SMILES string of the molecule is CCCc1ccc(C#Cc2ccc(N=C=S)cc2C)cc1. The van der Waals surface area contributed by atoms with Gasteiger partial charge in [-0.1, -0.05) is 37.3 Å². The van der Waals surface area contributed by atoms with E-state index < -0.39 is 0 Å². The van der Waals surface area contributed by atoms with Crippen molar-refractivity contribution in [2.45, 2.75) is 26.7 Å². The minimum absolute atomic E-state index is 0.817. The second-order valence-electron chi connectivity index (χ2n) is 4.90. The quantitative estimate of drug-likeness (QED) is 0.436. The van der Waals surface area contributed by atoms with Crippen LogP contribution in [0.1, 0.15) is 35.6 Å². The summed E-state index contributed by atoms with van der Waals surface area (Å²) in [6, 6.07) is 14.3. The van der Waals surface area contributed by atoms with Crippen LogP contribution in [-0.4, -0.2) is 5.16 Å². The predicted octanol–water partition coefficient (Wildman–Crippen LogP) is 5.08. The zero-order valence-electron chi connectivity index (χ0n) is 12.3. The van der Waals surface area contributed by atoms with Crippen molar-refractivity contribution < 1.29 is 0 Å². The Kier molecular flexibility index (Phi) is 5.46. The van der Waals surface area contributed by atoms with Gasteiger partial charge in [-0.25, -0.2) is 0 Å². The molecule has 0 saturated heterocycles. The second-order valence-corrected chi connectivity index (χ2v) is 5.08. The number of aliphatic imine (C=N–C) groups is 1. The van der Waals surface area contributed by atoms with Gasteiger partial charge in [0, 0.05) is 11.1 Å². The van der Waals surface area contributed by atoms with Crippen molar-refractivity contribution >= 4 is 23.1 Å². The average molecular weight is 291 g/mol. The van der Waals surface area contributed by atoms with Crippen LogP contribution in [0.4, 0.5) is 5.69 Å². The lowest BCUT2D eigenvalue weighted by Crippen LogP contribution is -1.84. The summed E-state index contributed by atoms with van der Waals surface area (Å²) in [5, 5.41) is 2.38. The Hall–Kier alpha value is -2.20. The highest BCUT2D eigenvalue weighted by atomic mass is 32.1. The molecule has 2 heteroatoms. The maximum Gasteiger partial charge on any atom is 0.0743 e. The lowest BCUT2D eigenvalue weighted by atomic mass is 10.1. The van der Waals surface area contributed by atoms with E-state index in [0.717, 1.165) is 28.8 Å². The lowest BCUT2D eigenvalue weighted by Gasteiger charge is -1.99. The van der Waals surface area contributed by atoms with E-state index in [1.165, 1.54) is 12.0 Å². The van der Waals surface area contributed by atoms with E-state index in [9.17, 15) is 0 Å². The zero-order chi connectivity index (χ0) is 15.1. The monoisotopic (exact) mass is 291 g/mol. The maximum absolute atomic E-state index is 4.61. The highest BCUT2D eigenvalue weighted by Crippen LogP contribution is 2.16. The minimum atomic E-state index is 0.817. The third-order valence-electron chi connectivity index (χ3n) is 3.22. The summed E-state index contributed by atoms with van der Waals surface area (Å²) >= 11 is 4.61. The highest BCUT2D eigenvalue weighted by Gasteiger charge is 1.96. The van der Waals surface area contributed by atoms with Gasteiger partial charge in [-0.2, -0.15) is 4.99 Å². The normalized spacial score (nSPS) is 9.43. The standard InChI is InChI=1S/C19H17NS/c1-3-4-16-5-7-17(8-6-16)9-10-18-11-12-19(20-14-21)13-15(18)2/h5-8,11-13H,3-4H2,1-2H3. The van der Waals surface area contributed by atoms with Crippen molar-refractivity contribution in [3.8, 4) is 11.8 Å². The van der Waals surface area contributed by atoms with Crippen LogP contribution in [0.15, 0.2) is 47.5 Å². The molecule has 0 saturated carbocycles. The largest absolute Gasteiger partial charge is 0.195 e. The molecule has 0 N–H and O–H groups in total. The van der Waals surface area contributed by atoms with E-state index in [-0.39, 0.29) is 0 Å². The second kappa shape index (κ2) is 7.55. The van der Waals surface area contributed by atoms with Gasteiger partial charge in [0.1, 0.15) is 0 Å². The van der Waals surface area contributed by atoms with E-state index in [1.54, 1.807) is 0 Å². The number of benzene rings is 2. The molecule has 2 aromatic carbocycles. The van der Waals surface area contributed by atoms with Crippen LogP contribution in [-0.2, 0) is 6.42 Å². The molecular formula is C19H17NS. The molecule has 0 aromatic heterocycles. The molecule has 0 unspecified atom stereocenters. The lowest BCUT2D eigenvalue weighted by molar-refractivity contribution is 0.922. The molecule has 0 radical (unpaired) electrons. The first-order valence-corrected chi connectivity index (χ1v) is 7.43. The van der Waals surface area contributed by atoms with E-state index in [1.807, 2.05) is 25.1 Å². The predicted molar refractivity (Wildman–Crippen MR) is 92.3 cm³/mol. The van der Waals surface area contributed by atoms with Crippen molar-refractivity contribution in [2.24, 2.45) is 4.99 Å². The van der Waals surface area contributed by atoms with Crippen LogP contribution in [0, 0.1) is 18.8 Å². The van der Waals surface area contributed by atoms with Crippen molar-refractivity contribution in [2.75, 3.05) is 0 Å². The molecular weight excluding hydrogens is 274 g/mol. The van der Waals surface area contributed by atoms with Crippen LogP contribution in [0.3, 0.4) is 0 Å². The Labute approximate surface area is 131 Å². The number of rotatable bonds is 3. The van der Waals surface area contributed by atoms with Gasteiger partial charge in [0.2, 0.25) is 0 Å². The first-order valence-electron chi connectivity index (χ1n) is 7.02. The molecule has 0 spiro atoms. The van der Waals surface area contributed by atoms with Gasteiger partial charge in [0.25, 0.3) is 0 Å². The van der Waals surface area contributed by atoms with Gasteiger partial charge >= 0.3 is 0 Å². The van der Waals surface area contributed by atoms with Gasteiger partial charge in [-0.15, -0.1) is 0 Å². The molecule has 0 heterocycles. The highest BCUT2D eigenvalue weighted by molar-refractivity contribution is 7.78. The Morgan fingerprint density at radius 1 is 1.05 bits per heavy atom. The zero-order valence-corrected chi connectivity index (χ0v) is 13.1. The molecule has 0 aliphatic carbocycles. The summed E-state index contributed by atoms with van der Waals surface area (Å²) in [7, 11) is 0. The molecule has 104 valence electrons. The molecule has 0 fully saturated rings. The third kappa shape index (κ3) is 4.39. The topological polar surface area (TPSA) is 12.4 Å². The van der Waals surface area contributed by atoms with Crippen molar-refractivity contribution in [3.63, 3.8) is 0 Å². The Bertz CT molecular complexity index is 726. The fraction of sp³-hybridized carbons (Fsp3) is 0.211. The number of isothiocyanates is 1. The Balaban J connectivity index is 2.20. The third-order valence-corrected chi connectivity index (χ3v) is 3.31. The number of aryl methyl sites for hydroxylation is 2. The maximum atomic E-state index is 4.61.